The molecule has 3 aromatic heterocycles. The predicted octanol–water partition coefficient (Wildman–Crippen LogP) is 5.85. The van der Waals surface area contributed by atoms with Crippen LogP contribution in [0.3, 0.4) is 0 Å². The standard InChI is InChI=1S/C30H32F2N4O5/c1-18-8-10-35-24(16-20-17-34(11-12-40-20)28(37)39-5)27(33-25(35)13-18)26-21(31)14-19(15-22(26)32)23-7-6-9-36(23)29(38)41-30(2,3)4/h6-10,13-15,20H,11-12,16-17H2,1-5H3/t20-/m0/s1. The number of hydrogen-bond acceptors (Lipinski definition) is 6. The maximum atomic E-state index is 15.9. The van der Waals surface area contributed by atoms with Crippen LogP contribution in [0.1, 0.15) is 32.0 Å². The number of nitrogens with zero attached hydrogens (tertiary/aromatic N) is 4. The van der Waals surface area contributed by atoms with Gasteiger partial charge in [-0.05, 0) is 69.7 Å². The highest BCUT2D eigenvalue weighted by Gasteiger charge is 2.29. The van der Waals surface area contributed by atoms with Gasteiger partial charge < -0.3 is 23.5 Å². The van der Waals surface area contributed by atoms with Crippen LogP contribution in [0.5, 0.6) is 0 Å². The van der Waals surface area contributed by atoms with E-state index in [0.717, 1.165) is 5.56 Å². The SMILES string of the molecule is COC(=O)N1CCO[C@@H](Cc2c(-c3c(F)cc(-c4cccn4C(=O)OC(C)(C)C)cc3F)nc3cc(C)ccn23)C1. The molecule has 1 atom stereocenters. The summed E-state index contributed by atoms with van der Waals surface area (Å²) >= 11 is 0. The van der Waals surface area contributed by atoms with Crippen molar-refractivity contribution < 1.29 is 32.6 Å². The van der Waals surface area contributed by atoms with Gasteiger partial charge in [-0.25, -0.2) is 23.4 Å². The van der Waals surface area contributed by atoms with Crippen molar-refractivity contribution in [2.24, 2.45) is 0 Å². The Bertz CT molecular complexity index is 1600. The first kappa shape index (κ1) is 28.3. The van der Waals surface area contributed by atoms with Crippen LogP contribution in [0.4, 0.5) is 18.4 Å². The molecule has 4 aromatic rings. The summed E-state index contributed by atoms with van der Waals surface area (Å²) in [4.78, 5) is 31.0. The first-order valence-electron chi connectivity index (χ1n) is 13.3. The molecule has 1 saturated heterocycles. The zero-order chi connectivity index (χ0) is 29.5. The summed E-state index contributed by atoms with van der Waals surface area (Å²) in [5.74, 6) is -1.67. The number of hydrogen-bond donors (Lipinski definition) is 0. The number of aryl methyl sites for hydroxylation is 1. The molecule has 1 fully saturated rings. The summed E-state index contributed by atoms with van der Waals surface area (Å²) in [5.41, 5.74) is 1.56. The van der Waals surface area contributed by atoms with Crippen molar-refractivity contribution in [3.05, 3.63) is 71.7 Å². The quantitative estimate of drug-likeness (QED) is 0.308. The van der Waals surface area contributed by atoms with Gasteiger partial charge >= 0.3 is 12.2 Å². The van der Waals surface area contributed by atoms with E-state index < -0.39 is 35.5 Å². The van der Waals surface area contributed by atoms with Gasteiger partial charge in [0.25, 0.3) is 0 Å². The van der Waals surface area contributed by atoms with E-state index in [2.05, 4.69) is 4.98 Å². The van der Waals surface area contributed by atoms with Crippen LogP contribution in [0.2, 0.25) is 0 Å². The maximum absolute atomic E-state index is 15.9. The average molecular weight is 567 g/mol. The van der Waals surface area contributed by atoms with E-state index >= 15 is 8.78 Å². The minimum absolute atomic E-state index is 0.137. The fourth-order valence-electron chi connectivity index (χ4n) is 4.98. The van der Waals surface area contributed by atoms with Gasteiger partial charge in [0.1, 0.15) is 22.9 Å². The Hall–Kier alpha value is -4.25. The molecule has 0 unspecified atom stereocenters. The molecular formula is C30H32F2N4O5. The minimum Gasteiger partial charge on any atom is -0.453 e. The monoisotopic (exact) mass is 566 g/mol. The van der Waals surface area contributed by atoms with E-state index in [0.29, 0.717) is 24.5 Å². The lowest BCUT2D eigenvalue weighted by molar-refractivity contribution is -0.0241. The highest BCUT2D eigenvalue weighted by molar-refractivity contribution is 5.80. The Labute approximate surface area is 236 Å². The molecule has 0 radical (unpaired) electrons. The first-order chi connectivity index (χ1) is 19.4. The molecule has 1 aliphatic rings. The molecular weight excluding hydrogens is 534 g/mol. The predicted molar refractivity (Wildman–Crippen MR) is 148 cm³/mol. The maximum Gasteiger partial charge on any atom is 0.418 e. The summed E-state index contributed by atoms with van der Waals surface area (Å²) in [6, 6.07) is 9.27. The van der Waals surface area contributed by atoms with Crippen molar-refractivity contribution >= 4 is 17.8 Å². The molecule has 216 valence electrons. The number of ether oxygens (including phenoxy) is 3. The summed E-state index contributed by atoms with van der Waals surface area (Å²) in [6.45, 7) is 8.07. The second-order valence-corrected chi connectivity index (χ2v) is 11.0. The molecule has 0 saturated carbocycles. The van der Waals surface area contributed by atoms with Gasteiger partial charge in [-0.1, -0.05) is 0 Å². The Kier molecular flexibility index (Phi) is 7.56. The number of aromatic nitrogens is 3. The third-order valence-electron chi connectivity index (χ3n) is 6.79. The fraction of sp³-hybridized carbons (Fsp3) is 0.367. The number of carbonyl (C=O) groups is 2. The molecule has 4 heterocycles. The first-order valence-corrected chi connectivity index (χ1v) is 13.3. The molecule has 0 N–H and O–H groups in total. The van der Waals surface area contributed by atoms with Gasteiger partial charge in [-0.15, -0.1) is 0 Å². The zero-order valence-corrected chi connectivity index (χ0v) is 23.6. The van der Waals surface area contributed by atoms with Gasteiger partial charge in [0.15, 0.2) is 0 Å². The molecule has 0 aliphatic carbocycles. The molecule has 1 aromatic carbocycles. The lowest BCUT2D eigenvalue weighted by Crippen LogP contribution is -2.46. The summed E-state index contributed by atoms with van der Waals surface area (Å²) in [5, 5.41) is 0. The van der Waals surface area contributed by atoms with Crippen LogP contribution >= 0.6 is 0 Å². The zero-order valence-electron chi connectivity index (χ0n) is 23.6. The summed E-state index contributed by atoms with van der Waals surface area (Å²) < 4.78 is 50.9. The Balaban J connectivity index is 1.55. The van der Waals surface area contributed by atoms with Crippen molar-refractivity contribution in [3.63, 3.8) is 0 Å². The van der Waals surface area contributed by atoms with E-state index in [9.17, 15) is 9.59 Å². The molecule has 11 heteroatoms. The lowest BCUT2D eigenvalue weighted by Gasteiger charge is -2.32. The second-order valence-electron chi connectivity index (χ2n) is 11.0. The van der Waals surface area contributed by atoms with Crippen molar-refractivity contribution in [3.8, 4) is 22.5 Å². The van der Waals surface area contributed by atoms with Crippen LogP contribution in [0.25, 0.3) is 28.2 Å². The van der Waals surface area contributed by atoms with E-state index in [1.807, 2.05) is 19.1 Å². The molecule has 1 aliphatic heterocycles. The van der Waals surface area contributed by atoms with Crippen LogP contribution in [0.15, 0.2) is 48.8 Å². The number of carbonyl (C=O) groups excluding carboxylic acids is 2. The van der Waals surface area contributed by atoms with Crippen molar-refractivity contribution in [2.75, 3.05) is 26.8 Å². The number of amides is 1. The van der Waals surface area contributed by atoms with E-state index in [-0.39, 0.29) is 35.5 Å². The number of halogens is 2. The number of morpholine rings is 1. The topological polar surface area (TPSA) is 87.3 Å². The van der Waals surface area contributed by atoms with Crippen molar-refractivity contribution in [1.29, 1.82) is 0 Å². The minimum atomic E-state index is -0.834. The second kappa shape index (κ2) is 11.0. The van der Waals surface area contributed by atoms with Gasteiger partial charge in [0, 0.05) is 30.9 Å². The van der Waals surface area contributed by atoms with Crippen LogP contribution < -0.4 is 0 Å². The van der Waals surface area contributed by atoms with E-state index in [1.54, 1.807) is 43.5 Å². The average Bonchev–Trinajstić information content (AvgIpc) is 3.52. The number of methoxy groups -OCH3 is 1. The number of imidazole rings is 1. The fourth-order valence-corrected chi connectivity index (χ4v) is 4.98. The van der Waals surface area contributed by atoms with Crippen LogP contribution in [-0.2, 0) is 20.6 Å². The third-order valence-corrected chi connectivity index (χ3v) is 6.79. The molecule has 0 bridgehead atoms. The molecule has 9 nitrogen and oxygen atoms in total. The van der Waals surface area contributed by atoms with Crippen molar-refractivity contribution in [1.82, 2.24) is 18.9 Å². The molecule has 0 spiro atoms. The van der Waals surface area contributed by atoms with Crippen LogP contribution in [-0.4, -0.2) is 69.5 Å². The Morgan fingerprint density at radius 1 is 1.10 bits per heavy atom. The number of rotatable bonds is 4. The van der Waals surface area contributed by atoms with E-state index in [4.69, 9.17) is 14.2 Å². The Morgan fingerprint density at radius 3 is 2.51 bits per heavy atom. The number of benzene rings is 1. The smallest absolute Gasteiger partial charge is 0.418 e. The summed E-state index contributed by atoms with van der Waals surface area (Å²) in [6.07, 6.45) is 1.97. The van der Waals surface area contributed by atoms with Gasteiger partial charge in [-0.2, -0.15) is 0 Å². The van der Waals surface area contributed by atoms with Gasteiger partial charge in [0.05, 0.1) is 49.0 Å². The lowest BCUT2D eigenvalue weighted by atomic mass is 10.0. The largest absolute Gasteiger partial charge is 0.453 e. The van der Waals surface area contributed by atoms with Gasteiger partial charge in [-0.3, -0.25) is 4.57 Å². The highest BCUT2D eigenvalue weighted by atomic mass is 19.1. The van der Waals surface area contributed by atoms with Gasteiger partial charge in [0.2, 0.25) is 0 Å². The van der Waals surface area contributed by atoms with Crippen LogP contribution in [0, 0.1) is 18.6 Å². The van der Waals surface area contributed by atoms with E-state index in [1.165, 1.54) is 34.9 Å². The summed E-state index contributed by atoms with van der Waals surface area (Å²) in [7, 11) is 1.32. The van der Waals surface area contributed by atoms with Crippen molar-refractivity contribution in [2.45, 2.75) is 45.8 Å². The highest BCUT2D eigenvalue weighted by Crippen LogP contribution is 2.34. The number of pyridine rings is 1. The molecule has 5 rings (SSSR count). The third kappa shape index (κ3) is 5.81. The molecule has 41 heavy (non-hydrogen) atoms. The normalized spacial score (nSPS) is 15.8. The number of fused-ring (bicyclic) bond motifs is 1. The Morgan fingerprint density at radius 2 is 1.83 bits per heavy atom. The molecule has 1 amide bonds.